The highest BCUT2D eigenvalue weighted by Crippen LogP contribution is 2.28. The molecule has 1 saturated heterocycles. The van der Waals surface area contributed by atoms with E-state index in [1.165, 1.54) is 25.3 Å². The Morgan fingerprint density at radius 1 is 1.27 bits per heavy atom. The molecule has 7 nitrogen and oxygen atoms in total. The topological polar surface area (TPSA) is 86.0 Å². The van der Waals surface area contributed by atoms with Crippen LogP contribution < -0.4 is 4.74 Å². The van der Waals surface area contributed by atoms with Crippen LogP contribution in [0.15, 0.2) is 28.9 Å². The number of ketones is 2. The summed E-state index contributed by atoms with van der Waals surface area (Å²) in [6.07, 6.45) is 2.78. The first-order valence-corrected chi connectivity index (χ1v) is 9.91. The molecule has 1 fully saturated rings. The van der Waals surface area contributed by atoms with Crippen LogP contribution in [0.3, 0.4) is 0 Å². The lowest BCUT2D eigenvalue weighted by Gasteiger charge is -2.32. The third kappa shape index (κ3) is 4.00. The molecule has 30 heavy (non-hydrogen) atoms. The molecule has 0 N–H and O–H groups in total. The number of fused-ring (bicyclic) bond motifs is 1. The van der Waals surface area contributed by atoms with Crippen molar-refractivity contribution < 1.29 is 32.7 Å². The number of furan rings is 1. The van der Waals surface area contributed by atoms with E-state index >= 15 is 0 Å². The second kappa shape index (κ2) is 8.39. The maximum absolute atomic E-state index is 13.9. The number of hydrogen-bond donors (Lipinski definition) is 0. The zero-order valence-corrected chi connectivity index (χ0v) is 16.6. The van der Waals surface area contributed by atoms with Crippen molar-refractivity contribution in [3.63, 3.8) is 0 Å². The van der Waals surface area contributed by atoms with Crippen molar-refractivity contribution in [2.75, 3.05) is 26.3 Å². The highest BCUT2D eigenvalue weighted by Gasteiger charge is 2.32. The fourth-order valence-corrected chi connectivity index (χ4v) is 3.81. The predicted molar refractivity (Wildman–Crippen MR) is 104 cm³/mol. The number of hydrogen-bond acceptors (Lipinski definition) is 6. The summed E-state index contributed by atoms with van der Waals surface area (Å²) in [6.45, 7) is 2.41. The van der Waals surface area contributed by atoms with Crippen LogP contribution in [0.5, 0.6) is 5.75 Å². The highest BCUT2D eigenvalue weighted by molar-refractivity contribution is 6.09. The van der Waals surface area contributed by atoms with Crippen molar-refractivity contribution >= 4 is 17.5 Å². The van der Waals surface area contributed by atoms with E-state index in [4.69, 9.17) is 13.9 Å². The fourth-order valence-electron chi connectivity index (χ4n) is 3.81. The molecule has 1 aliphatic heterocycles. The lowest BCUT2D eigenvalue weighted by molar-refractivity contribution is -0.0401. The Morgan fingerprint density at radius 3 is 2.87 bits per heavy atom. The smallest absolute Gasteiger partial charge is 0.258 e. The summed E-state index contributed by atoms with van der Waals surface area (Å²) in [6, 6.07) is 4.06. The average Bonchev–Trinajstić information content (AvgIpc) is 3.17. The Labute approximate surface area is 172 Å². The number of Topliss-reactive ketones (excluding diaryl/α,β-unsaturated/α-hetero) is 2. The zero-order valence-electron chi connectivity index (χ0n) is 16.6. The first-order chi connectivity index (χ1) is 14.4. The Kier molecular flexibility index (Phi) is 5.67. The van der Waals surface area contributed by atoms with Gasteiger partial charge in [-0.05, 0) is 25.5 Å². The van der Waals surface area contributed by atoms with Gasteiger partial charge in [-0.1, -0.05) is 0 Å². The number of carbonyl (C=O) groups excluding carboxylic acids is 3. The van der Waals surface area contributed by atoms with Crippen LogP contribution in [-0.4, -0.2) is 54.8 Å². The molecule has 1 aromatic carbocycles. The number of carbonyl (C=O) groups is 3. The van der Waals surface area contributed by atoms with Crippen molar-refractivity contribution in [2.45, 2.75) is 32.3 Å². The molecule has 8 heteroatoms. The molecule has 2 aromatic rings. The van der Waals surface area contributed by atoms with Crippen LogP contribution in [0.1, 0.15) is 56.6 Å². The maximum atomic E-state index is 13.9. The SMILES string of the molecule is CC(=O)c1ccc(OCC2CN(C(=O)c3coc4c3C(=O)CCC4)CCO2)cc1F. The fraction of sp³-hybridized carbons (Fsp3) is 0.409. The maximum Gasteiger partial charge on any atom is 0.258 e. The van der Waals surface area contributed by atoms with Gasteiger partial charge in [0.25, 0.3) is 5.91 Å². The summed E-state index contributed by atoms with van der Waals surface area (Å²) in [4.78, 5) is 38.2. The van der Waals surface area contributed by atoms with Crippen LogP contribution in [0.2, 0.25) is 0 Å². The van der Waals surface area contributed by atoms with Gasteiger partial charge in [-0.25, -0.2) is 4.39 Å². The number of benzene rings is 1. The number of halogens is 1. The summed E-state index contributed by atoms with van der Waals surface area (Å²) in [5.74, 6) is -0.463. The van der Waals surface area contributed by atoms with Gasteiger partial charge in [-0.3, -0.25) is 14.4 Å². The molecule has 0 bridgehead atoms. The number of aryl methyl sites for hydroxylation is 1. The average molecular weight is 415 g/mol. The molecule has 1 unspecified atom stereocenters. The number of amides is 1. The minimum absolute atomic E-state index is 0.00558. The highest BCUT2D eigenvalue weighted by atomic mass is 19.1. The largest absolute Gasteiger partial charge is 0.491 e. The predicted octanol–water partition coefficient (Wildman–Crippen LogP) is 3.06. The monoisotopic (exact) mass is 415 g/mol. The van der Waals surface area contributed by atoms with E-state index < -0.39 is 11.9 Å². The van der Waals surface area contributed by atoms with Gasteiger partial charge in [0, 0.05) is 25.5 Å². The molecule has 0 saturated carbocycles. The Hall–Kier alpha value is -3.00. The first-order valence-electron chi connectivity index (χ1n) is 9.91. The normalized spacial score (nSPS) is 18.8. The van der Waals surface area contributed by atoms with Gasteiger partial charge in [0.15, 0.2) is 11.6 Å². The lowest BCUT2D eigenvalue weighted by atomic mass is 9.93. The van der Waals surface area contributed by atoms with E-state index in [9.17, 15) is 18.8 Å². The molecular formula is C22H22FNO6. The molecular weight excluding hydrogens is 393 g/mol. The third-order valence-corrected chi connectivity index (χ3v) is 5.37. The van der Waals surface area contributed by atoms with Crippen LogP contribution >= 0.6 is 0 Å². The summed E-state index contributed by atoms with van der Waals surface area (Å²) in [5, 5.41) is 0. The van der Waals surface area contributed by atoms with Crippen molar-refractivity contribution in [2.24, 2.45) is 0 Å². The van der Waals surface area contributed by atoms with Gasteiger partial charge >= 0.3 is 0 Å². The standard InChI is InChI=1S/C22H22FNO6/c1-13(25)16-6-5-14(9-18(16)23)29-11-15-10-24(7-8-28-15)22(27)17-12-30-20-4-2-3-19(26)21(17)20/h5-6,9,12,15H,2-4,7-8,10-11H2,1H3. The number of nitrogens with zero attached hydrogens (tertiary/aromatic N) is 1. The quantitative estimate of drug-likeness (QED) is 0.698. The molecule has 158 valence electrons. The molecule has 2 heterocycles. The number of morpholine rings is 1. The molecule has 1 amide bonds. The molecule has 2 aliphatic rings. The van der Waals surface area contributed by atoms with E-state index in [0.29, 0.717) is 42.9 Å². The van der Waals surface area contributed by atoms with Gasteiger partial charge in [-0.15, -0.1) is 0 Å². The van der Waals surface area contributed by atoms with Crippen molar-refractivity contribution in [1.82, 2.24) is 4.90 Å². The Balaban J connectivity index is 1.40. The molecule has 0 spiro atoms. The molecule has 0 radical (unpaired) electrons. The van der Waals surface area contributed by atoms with E-state index in [1.807, 2.05) is 0 Å². The zero-order chi connectivity index (χ0) is 21.3. The van der Waals surface area contributed by atoms with Crippen molar-refractivity contribution in [3.05, 3.63) is 52.7 Å². The number of ether oxygens (including phenoxy) is 2. The minimum atomic E-state index is -0.643. The third-order valence-electron chi connectivity index (χ3n) is 5.37. The minimum Gasteiger partial charge on any atom is -0.491 e. The van der Waals surface area contributed by atoms with Crippen molar-refractivity contribution in [3.8, 4) is 5.75 Å². The second-order valence-electron chi connectivity index (χ2n) is 7.48. The van der Waals surface area contributed by atoms with Crippen LogP contribution in [0.4, 0.5) is 4.39 Å². The van der Waals surface area contributed by atoms with Gasteiger partial charge in [0.2, 0.25) is 0 Å². The summed E-state index contributed by atoms with van der Waals surface area (Å²) < 4.78 is 30.7. The van der Waals surface area contributed by atoms with E-state index in [-0.39, 0.29) is 41.9 Å². The summed E-state index contributed by atoms with van der Waals surface area (Å²) >= 11 is 0. The molecule has 4 rings (SSSR count). The van der Waals surface area contributed by atoms with Gasteiger partial charge in [-0.2, -0.15) is 0 Å². The number of rotatable bonds is 5. The van der Waals surface area contributed by atoms with E-state index in [0.717, 1.165) is 12.5 Å². The van der Waals surface area contributed by atoms with Crippen LogP contribution in [0, 0.1) is 5.82 Å². The van der Waals surface area contributed by atoms with Gasteiger partial charge in [0.05, 0.1) is 29.8 Å². The lowest BCUT2D eigenvalue weighted by Crippen LogP contribution is -2.47. The summed E-state index contributed by atoms with van der Waals surface area (Å²) in [7, 11) is 0. The van der Waals surface area contributed by atoms with Crippen LogP contribution in [-0.2, 0) is 11.2 Å². The van der Waals surface area contributed by atoms with E-state index in [2.05, 4.69) is 0 Å². The van der Waals surface area contributed by atoms with Crippen molar-refractivity contribution in [1.29, 1.82) is 0 Å². The van der Waals surface area contributed by atoms with Gasteiger partial charge < -0.3 is 18.8 Å². The first kappa shape index (κ1) is 20.3. The molecule has 1 aromatic heterocycles. The van der Waals surface area contributed by atoms with Gasteiger partial charge in [0.1, 0.15) is 36.3 Å². The van der Waals surface area contributed by atoms with Crippen LogP contribution in [0.25, 0.3) is 0 Å². The molecule has 1 aliphatic carbocycles. The summed E-state index contributed by atoms with van der Waals surface area (Å²) in [5.41, 5.74) is 0.718. The Bertz CT molecular complexity index is 998. The molecule has 1 atom stereocenters. The second-order valence-corrected chi connectivity index (χ2v) is 7.48. The van der Waals surface area contributed by atoms with E-state index in [1.54, 1.807) is 4.90 Å². The Morgan fingerprint density at radius 2 is 2.10 bits per heavy atom.